The van der Waals surface area contributed by atoms with Gasteiger partial charge in [-0.3, -0.25) is 9.59 Å². The van der Waals surface area contributed by atoms with Crippen molar-refractivity contribution in [3.8, 4) is 0 Å². The van der Waals surface area contributed by atoms with Gasteiger partial charge in [-0.25, -0.2) is 14.6 Å². The highest BCUT2D eigenvalue weighted by Gasteiger charge is 2.30. The van der Waals surface area contributed by atoms with Crippen molar-refractivity contribution in [2.24, 2.45) is 5.92 Å². The number of hydrogen-bond acceptors (Lipinski definition) is 5. The highest BCUT2D eigenvalue weighted by atomic mass is 35.5. The third kappa shape index (κ3) is 4.39. The Hall–Kier alpha value is -3.00. The minimum absolute atomic E-state index is 0.105. The van der Waals surface area contributed by atoms with Gasteiger partial charge in [0.15, 0.2) is 5.65 Å². The van der Waals surface area contributed by atoms with Gasteiger partial charge >= 0.3 is 0 Å². The van der Waals surface area contributed by atoms with Crippen LogP contribution in [0.1, 0.15) is 48.8 Å². The molecular weight excluding hydrogens is 416 g/mol. The summed E-state index contributed by atoms with van der Waals surface area (Å²) in [6, 6.07) is 5.37. The Labute approximate surface area is 185 Å². The van der Waals surface area contributed by atoms with Crippen LogP contribution in [-0.2, 0) is 4.79 Å². The molecule has 0 spiro atoms. The van der Waals surface area contributed by atoms with E-state index in [0.717, 1.165) is 23.9 Å². The van der Waals surface area contributed by atoms with E-state index in [2.05, 4.69) is 20.4 Å². The van der Waals surface area contributed by atoms with Crippen LogP contribution in [0, 0.1) is 12.8 Å². The molecule has 1 fully saturated rings. The molecule has 1 unspecified atom stereocenters. The molecule has 9 heteroatoms. The van der Waals surface area contributed by atoms with Crippen LogP contribution in [0.5, 0.6) is 0 Å². The van der Waals surface area contributed by atoms with E-state index in [1.807, 2.05) is 31.5 Å². The number of amides is 2. The fraction of sp³-hybridized carbons (Fsp3) is 0.409. The van der Waals surface area contributed by atoms with Crippen molar-refractivity contribution in [3.05, 3.63) is 46.9 Å². The molecule has 1 N–H and O–H groups in total. The average Bonchev–Trinajstić information content (AvgIpc) is 3.17. The monoisotopic (exact) mass is 440 g/mol. The van der Waals surface area contributed by atoms with Gasteiger partial charge in [0.2, 0.25) is 5.91 Å². The summed E-state index contributed by atoms with van der Waals surface area (Å²) in [5.74, 6) is -0.0940. The summed E-state index contributed by atoms with van der Waals surface area (Å²) >= 11 is 5.85. The van der Waals surface area contributed by atoms with Gasteiger partial charge in [-0.1, -0.05) is 11.6 Å². The summed E-state index contributed by atoms with van der Waals surface area (Å²) in [7, 11) is 0. The van der Waals surface area contributed by atoms with Crippen LogP contribution in [-0.4, -0.2) is 49.6 Å². The van der Waals surface area contributed by atoms with Gasteiger partial charge in [-0.15, -0.1) is 0 Å². The Bertz CT molecular complexity index is 1120. The average molecular weight is 441 g/mol. The fourth-order valence-electron chi connectivity index (χ4n) is 3.88. The minimum Gasteiger partial charge on any atom is -0.338 e. The number of rotatable bonds is 4. The smallest absolute Gasteiger partial charge is 0.255 e. The number of fused-ring (bicyclic) bond motifs is 1. The first kappa shape index (κ1) is 21.2. The van der Waals surface area contributed by atoms with Crippen molar-refractivity contribution < 1.29 is 9.59 Å². The van der Waals surface area contributed by atoms with Crippen molar-refractivity contribution >= 4 is 40.3 Å². The quantitative estimate of drug-likeness (QED) is 0.664. The molecule has 162 valence electrons. The normalized spacial score (nSPS) is 16.7. The first-order chi connectivity index (χ1) is 14.8. The molecule has 0 aliphatic carbocycles. The van der Waals surface area contributed by atoms with E-state index >= 15 is 0 Å². The van der Waals surface area contributed by atoms with Crippen molar-refractivity contribution in [3.63, 3.8) is 0 Å². The standard InChI is InChI=1S/C22H25ClN6O2/c1-13(2)29-20-16(10-25-29)9-18(14(3)26-20)22(31)28-8-4-5-15(12-28)21(30)27-19-7-6-17(23)11-24-19/h6-7,9-11,13,15H,4-5,8,12H2,1-3H3,(H,24,27,30). The highest BCUT2D eigenvalue weighted by molar-refractivity contribution is 6.30. The summed E-state index contributed by atoms with van der Waals surface area (Å²) in [6.45, 7) is 6.90. The zero-order valence-electron chi connectivity index (χ0n) is 17.8. The van der Waals surface area contributed by atoms with Crippen LogP contribution in [0.2, 0.25) is 5.02 Å². The summed E-state index contributed by atoms with van der Waals surface area (Å²) < 4.78 is 1.85. The van der Waals surface area contributed by atoms with Crippen LogP contribution in [0.4, 0.5) is 5.82 Å². The second-order valence-corrected chi connectivity index (χ2v) is 8.59. The molecule has 1 aliphatic rings. The lowest BCUT2D eigenvalue weighted by Crippen LogP contribution is -2.44. The molecule has 8 nitrogen and oxygen atoms in total. The molecule has 4 rings (SSSR count). The van der Waals surface area contributed by atoms with E-state index in [4.69, 9.17) is 11.6 Å². The van der Waals surface area contributed by atoms with Gasteiger partial charge in [0.25, 0.3) is 5.91 Å². The van der Waals surface area contributed by atoms with Crippen molar-refractivity contribution in [1.82, 2.24) is 24.6 Å². The lowest BCUT2D eigenvalue weighted by atomic mass is 9.96. The maximum atomic E-state index is 13.3. The first-order valence-electron chi connectivity index (χ1n) is 10.4. The van der Waals surface area contributed by atoms with Crippen molar-refractivity contribution in [2.75, 3.05) is 18.4 Å². The van der Waals surface area contributed by atoms with Crippen LogP contribution in [0.15, 0.2) is 30.6 Å². The zero-order chi connectivity index (χ0) is 22.1. The summed E-state index contributed by atoms with van der Waals surface area (Å²) in [4.78, 5) is 36.5. The number of carbonyl (C=O) groups excluding carboxylic acids is 2. The molecule has 1 atom stereocenters. The number of nitrogens with one attached hydrogen (secondary N) is 1. The van der Waals surface area contributed by atoms with E-state index in [1.54, 1.807) is 23.2 Å². The van der Waals surface area contributed by atoms with Crippen molar-refractivity contribution in [2.45, 2.75) is 39.7 Å². The van der Waals surface area contributed by atoms with Crippen LogP contribution in [0.25, 0.3) is 11.0 Å². The van der Waals surface area contributed by atoms with E-state index in [-0.39, 0.29) is 23.8 Å². The molecule has 0 aromatic carbocycles. The molecule has 0 saturated carbocycles. The topological polar surface area (TPSA) is 93.0 Å². The number of carbonyl (C=O) groups is 2. The Morgan fingerprint density at radius 3 is 2.77 bits per heavy atom. The Balaban J connectivity index is 1.50. The minimum atomic E-state index is -0.295. The predicted molar refractivity (Wildman–Crippen MR) is 119 cm³/mol. The Morgan fingerprint density at radius 2 is 2.06 bits per heavy atom. The first-order valence-corrected chi connectivity index (χ1v) is 10.8. The van der Waals surface area contributed by atoms with Gasteiger partial charge < -0.3 is 10.2 Å². The molecule has 1 saturated heterocycles. The maximum Gasteiger partial charge on any atom is 0.255 e. The fourth-order valence-corrected chi connectivity index (χ4v) is 4.00. The largest absolute Gasteiger partial charge is 0.338 e. The maximum absolute atomic E-state index is 13.3. The number of likely N-dealkylation sites (tertiary alicyclic amines) is 1. The van der Waals surface area contributed by atoms with Crippen LogP contribution >= 0.6 is 11.6 Å². The van der Waals surface area contributed by atoms with Crippen molar-refractivity contribution in [1.29, 1.82) is 0 Å². The number of pyridine rings is 2. The second kappa shape index (κ2) is 8.63. The number of nitrogens with zero attached hydrogens (tertiary/aromatic N) is 5. The van der Waals surface area contributed by atoms with E-state index in [1.165, 1.54) is 6.20 Å². The summed E-state index contributed by atoms with van der Waals surface area (Å²) in [6.07, 6.45) is 4.71. The van der Waals surface area contributed by atoms with E-state index in [9.17, 15) is 9.59 Å². The zero-order valence-corrected chi connectivity index (χ0v) is 18.6. The number of aryl methyl sites for hydroxylation is 1. The Kier molecular flexibility index (Phi) is 5.91. The Morgan fingerprint density at radius 1 is 1.26 bits per heavy atom. The summed E-state index contributed by atoms with van der Waals surface area (Å²) in [5.41, 5.74) is 1.99. The lowest BCUT2D eigenvalue weighted by Gasteiger charge is -2.32. The van der Waals surface area contributed by atoms with Gasteiger partial charge in [0, 0.05) is 30.7 Å². The lowest BCUT2D eigenvalue weighted by molar-refractivity contribution is -0.121. The highest BCUT2D eigenvalue weighted by Crippen LogP contribution is 2.24. The second-order valence-electron chi connectivity index (χ2n) is 8.16. The van der Waals surface area contributed by atoms with E-state index in [0.29, 0.717) is 35.2 Å². The van der Waals surface area contributed by atoms with Crippen LogP contribution < -0.4 is 5.32 Å². The van der Waals surface area contributed by atoms with Gasteiger partial charge in [-0.2, -0.15) is 5.10 Å². The number of aromatic nitrogens is 4. The van der Waals surface area contributed by atoms with Gasteiger partial charge in [0.05, 0.1) is 28.4 Å². The molecule has 1 aliphatic heterocycles. The molecule has 3 aromatic rings. The number of hydrogen-bond donors (Lipinski definition) is 1. The van der Waals surface area contributed by atoms with E-state index < -0.39 is 0 Å². The predicted octanol–water partition coefficient (Wildman–Crippen LogP) is 3.86. The van der Waals surface area contributed by atoms with Gasteiger partial charge in [-0.05, 0) is 51.8 Å². The molecule has 4 heterocycles. The number of piperidine rings is 1. The molecule has 3 aromatic heterocycles. The summed E-state index contributed by atoms with van der Waals surface area (Å²) in [5, 5.41) is 8.55. The molecular formula is C22H25ClN6O2. The molecule has 0 bridgehead atoms. The molecule has 0 radical (unpaired) electrons. The molecule has 2 amide bonds. The third-order valence-corrected chi connectivity index (χ3v) is 5.76. The van der Waals surface area contributed by atoms with Gasteiger partial charge in [0.1, 0.15) is 5.82 Å². The third-order valence-electron chi connectivity index (χ3n) is 5.54. The SMILES string of the molecule is Cc1nc2c(cnn2C(C)C)cc1C(=O)N1CCCC(C(=O)Nc2ccc(Cl)cn2)C1. The van der Waals surface area contributed by atoms with Crippen LogP contribution in [0.3, 0.4) is 0 Å². The molecule has 31 heavy (non-hydrogen) atoms. The number of anilines is 1. The number of halogens is 1.